The third-order valence-corrected chi connectivity index (χ3v) is 2.42. The number of rotatable bonds is 5. The smallest absolute Gasteiger partial charge is 0.322 e. The summed E-state index contributed by atoms with van der Waals surface area (Å²) in [5.74, 6) is -0.715. The van der Waals surface area contributed by atoms with Gasteiger partial charge in [-0.05, 0) is 6.07 Å². The van der Waals surface area contributed by atoms with Gasteiger partial charge >= 0.3 is 5.97 Å². The lowest BCUT2D eigenvalue weighted by molar-refractivity contribution is -0.394. The molecule has 0 saturated carbocycles. The van der Waals surface area contributed by atoms with Gasteiger partial charge in [0.15, 0.2) is 0 Å². The monoisotopic (exact) mass is 269 g/mol. The summed E-state index contributed by atoms with van der Waals surface area (Å²) < 4.78 is 4.40. The Kier molecular flexibility index (Phi) is 4.48. The number of nitro groups is 2. The number of carbonyl (C=O) groups is 1. The lowest BCUT2D eigenvalue weighted by Crippen LogP contribution is -2.33. The van der Waals surface area contributed by atoms with Crippen LogP contribution in [0.3, 0.4) is 0 Å². The lowest BCUT2D eigenvalue weighted by atomic mass is 10.0. The van der Waals surface area contributed by atoms with Crippen molar-refractivity contribution in [1.82, 2.24) is 0 Å². The maximum atomic E-state index is 11.1. The first-order chi connectivity index (χ1) is 8.86. The molecule has 102 valence electrons. The number of carbonyl (C=O) groups excluding carboxylic acids is 1. The van der Waals surface area contributed by atoms with Gasteiger partial charge in [0.2, 0.25) is 0 Å². The van der Waals surface area contributed by atoms with Crippen LogP contribution >= 0.6 is 0 Å². The van der Waals surface area contributed by atoms with E-state index in [4.69, 9.17) is 5.73 Å². The first-order valence-electron chi connectivity index (χ1n) is 5.12. The molecule has 0 spiro atoms. The van der Waals surface area contributed by atoms with Crippen LogP contribution in [-0.2, 0) is 16.0 Å². The first kappa shape index (κ1) is 14.5. The molecule has 1 rings (SSSR count). The van der Waals surface area contributed by atoms with E-state index in [1.807, 2.05) is 0 Å². The van der Waals surface area contributed by atoms with Crippen molar-refractivity contribution >= 4 is 17.3 Å². The van der Waals surface area contributed by atoms with Crippen LogP contribution in [-0.4, -0.2) is 29.0 Å². The van der Waals surface area contributed by atoms with Crippen LogP contribution in [0.4, 0.5) is 11.4 Å². The molecule has 0 heterocycles. The molecule has 0 aliphatic carbocycles. The van der Waals surface area contributed by atoms with E-state index in [1.165, 1.54) is 6.07 Å². The van der Waals surface area contributed by atoms with Crippen LogP contribution < -0.4 is 5.73 Å². The molecule has 1 atom stereocenters. The quantitative estimate of drug-likeness (QED) is 0.467. The van der Waals surface area contributed by atoms with Crippen LogP contribution in [0.1, 0.15) is 5.56 Å². The highest BCUT2D eigenvalue weighted by Gasteiger charge is 2.23. The molecule has 9 heteroatoms. The summed E-state index contributed by atoms with van der Waals surface area (Å²) in [4.78, 5) is 31.0. The normalized spacial score (nSPS) is 11.7. The molecule has 0 aliphatic heterocycles. The Balaban J connectivity index is 3.10. The molecule has 2 N–H and O–H groups in total. The standard InChI is InChI=1S/C10H11N3O6/c1-19-10(14)8(11)4-6-2-3-7(12(15)16)5-9(6)13(17)18/h2-3,5,8H,4,11H2,1H3. The van der Waals surface area contributed by atoms with Crippen LogP contribution in [0, 0.1) is 20.2 Å². The fraction of sp³-hybridized carbons (Fsp3) is 0.300. The predicted molar refractivity (Wildman–Crippen MR) is 63.4 cm³/mol. The van der Waals surface area contributed by atoms with Crippen LogP contribution in [0.15, 0.2) is 18.2 Å². The number of esters is 1. The Morgan fingerprint density at radius 1 is 1.37 bits per heavy atom. The molecule has 9 nitrogen and oxygen atoms in total. The SMILES string of the molecule is COC(=O)C(N)Cc1ccc([N+](=O)[O-])cc1[N+](=O)[O-]. The van der Waals surface area contributed by atoms with Crippen LogP contribution in [0.5, 0.6) is 0 Å². The van der Waals surface area contributed by atoms with E-state index in [2.05, 4.69) is 4.74 Å². The number of hydrogen-bond acceptors (Lipinski definition) is 7. The number of hydrogen-bond donors (Lipinski definition) is 1. The van der Waals surface area contributed by atoms with Gasteiger partial charge in [-0.2, -0.15) is 0 Å². The van der Waals surface area contributed by atoms with Gasteiger partial charge in [0.1, 0.15) is 6.04 Å². The van der Waals surface area contributed by atoms with E-state index in [0.29, 0.717) is 0 Å². The molecule has 19 heavy (non-hydrogen) atoms. The molecule has 0 bridgehead atoms. The number of nitro benzene ring substituents is 2. The van der Waals surface area contributed by atoms with E-state index in [9.17, 15) is 25.0 Å². The summed E-state index contributed by atoms with van der Waals surface area (Å²) in [5, 5.41) is 21.4. The average Bonchev–Trinajstić information content (AvgIpc) is 2.37. The summed E-state index contributed by atoms with van der Waals surface area (Å²) in [6, 6.07) is 2.09. The zero-order valence-electron chi connectivity index (χ0n) is 9.94. The Hall–Kier alpha value is -2.55. The van der Waals surface area contributed by atoms with E-state index in [0.717, 1.165) is 19.2 Å². The number of ether oxygens (including phenoxy) is 1. The number of nitrogens with two attached hydrogens (primary N) is 1. The molecular formula is C10H11N3O6. The highest BCUT2D eigenvalue weighted by atomic mass is 16.6. The van der Waals surface area contributed by atoms with Crippen molar-refractivity contribution in [3.63, 3.8) is 0 Å². The highest BCUT2D eigenvalue weighted by Crippen LogP contribution is 2.25. The number of nitrogens with zero attached hydrogens (tertiary/aromatic N) is 2. The van der Waals surface area contributed by atoms with Crippen molar-refractivity contribution in [3.05, 3.63) is 44.0 Å². The number of methoxy groups -OCH3 is 1. The van der Waals surface area contributed by atoms with Crippen molar-refractivity contribution < 1.29 is 19.4 Å². The van der Waals surface area contributed by atoms with Crippen molar-refractivity contribution in [3.8, 4) is 0 Å². The molecule has 0 aliphatic rings. The van der Waals surface area contributed by atoms with E-state index < -0.39 is 33.2 Å². The van der Waals surface area contributed by atoms with E-state index >= 15 is 0 Å². The van der Waals surface area contributed by atoms with Gasteiger partial charge < -0.3 is 10.5 Å². The third kappa shape index (κ3) is 3.45. The van der Waals surface area contributed by atoms with E-state index in [1.54, 1.807) is 0 Å². The molecule has 0 amide bonds. The summed E-state index contributed by atoms with van der Waals surface area (Å²) in [5.41, 5.74) is 4.78. The number of benzene rings is 1. The van der Waals surface area contributed by atoms with Crippen molar-refractivity contribution in [2.75, 3.05) is 7.11 Å². The summed E-state index contributed by atoms with van der Waals surface area (Å²) >= 11 is 0. The van der Waals surface area contributed by atoms with Gasteiger partial charge in [-0.1, -0.05) is 0 Å². The molecule has 1 unspecified atom stereocenters. The minimum absolute atomic E-state index is 0.133. The molecule has 0 aromatic heterocycles. The Morgan fingerprint density at radius 3 is 2.47 bits per heavy atom. The Bertz CT molecular complexity index is 530. The second-order valence-electron chi connectivity index (χ2n) is 3.66. The third-order valence-electron chi connectivity index (χ3n) is 2.42. The lowest BCUT2D eigenvalue weighted by Gasteiger charge is -2.09. The van der Waals surface area contributed by atoms with Gasteiger partial charge in [0.25, 0.3) is 11.4 Å². The molecular weight excluding hydrogens is 258 g/mol. The summed E-state index contributed by atoms with van der Waals surface area (Å²) in [6.45, 7) is 0. The summed E-state index contributed by atoms with van der Waals surface area (Å²) in [6.07, 6.45) is -0.138. The van der Waals surface area contributed by atoms with Gasteiger partial charge in [-0.3, -0.25) is 25.0 Å². The Morgan fingerprint density at radius 2 is 2.00 bits per heavy atom. The summed E-state index contributed by atoms with van der Waals surface area (Å²) in [7, 11) is 1.15. The van der Waals surface area contributed by atoms with Gasteiger partial charge in [-0.15, -0.1) is 0 Å². The van der Waals surface area contributed by atoms with Gasteiger partial charge in [0, 0.05) is 18.1 Å². The van der Waals surface area contributed by atoms with Crippen molar-refractivity contribution in [2.45, 2.75) is 12.5 Å². The molecule has 0 radical (unpaired) electrons. The minimum atomic E-state index is -1.06. The highest BCUT2D eigenvalue weighted by molar-refractivity contribution is 5.76. The molecule has 0 fully saturated rings. The topological polar surface area (TPSA) is 139 Å². The van der Waals surface area contributed by atoms with Crippen LogP contribution in [0.25, 0.3) is 0 Å². The zero-order chi connectivity index (χ0) is 14.6. The largest absolute Gasteiger partial charge is 0.468 e. The fourth-order valence-corrected chi connectivity index (χ4v) is 1.48. The van der Waals surface area contributed by atoms with Gasteiger partial charge in [0.05, 0.1) is 23.0 Å². The number of non-ortho nitro benzene ring substituents is 1. The molecule has 0 saturated heterocycles. The fourth-order valence-electron chi connectivity index (χ4n) is 1.48. The van der Waals surface area contributed by atoms with Crippen molar-refractivity contribution in [2.24, 2.45) is 5.73 Å². The molecule has 1 aromatic carbocycles. The second kappa shape index (κ2) is 5.87. The predicted octanol–water partition coefficient (Wildman–Crippen LogP) is 0.546. The average molecular weight is 269 g/mol. The van der Waals surface area contributed by atoms with Gasteiger partial charge in [-0.25, -0.2) is 0 Å². The van der Waals surface area contributed by atoms with Crippen molar-refractivity contribution in [1.29, 1.82) is 0 Å². The zero-order valence-corrected chi connectivity index (χ0v) is 9.94. The maximum Gasteiger partial charge on any atom is 0.322 e. The Labute approximate surface area is 107 Å². The molecule has 1 aromatic rings. The maximum absolute atomic E-state index is 11.1. The second-order valence-corrected chi connectivity index (χ2v) is 3.66. The minimum Gasteiger partial charge on any atom is -0.468 e. The van der Waals surface area contributed by atoms with E-state index in [-0.39, 0.29) is 12.0 Å². The first-order valence-corrected chi connectivity index (χ1v) is 5.12. The van der Waals surface area contributed by atoms with Crippen LogP contribution in [0.2, 0.25) is 0 Å².